The third kappa shape index (κ3) is 6.52. The summed E-state index contributed by atoms with van der Waals surface area (Å²) in [4.78, 5) is 21.0. The van der Waals surface area contributed by atoms with Crippen molar-refractivity contribution in [1.82, 2.24) is 0 Å². The molecule has 0 bridgehead atoms. The van der Waals surface area contributed by atoms with Crippen LogP contribution in [-0.2, 0) is 11.2 Å². The largest absolute Gasteiger partial charge is 0.303 e. The molecule has 0 saturated carbocycles. The maximum atomic E-state index is 10.9. The first kappa shape index (κ1) is 17.3. The molecule has 4 heteroatoms. The number of unbranched alkanes of at least 4 members (excludes halogenated alkanes) is 5. The second-order valence-electron chi connectivity index (χ2n) is 5.46. The molecule has 1 aromatic carbocycles. The number of aryl methyl sites for hydroxylation is 1. The van der Waals surface area contributed by atoms with E-state index in [1.807, 2.05) is 12.1 Å². The molecule has 1 unspecified atom stereocenters. The predicted molar refractivity (Wildman–Crippen MR) is 83.9 cm³/mol. The van der Waals surface area contributed by atoms with Gasteiger partial charge in [-0.3, -0.25) is 10.1 Å². The molecule has 1 aromatic rings. The maximum Gasteiger partial charge on any atom is 0.244 e. The van der Waals surface area contributed by atoms with E-state index in [1.165, 1.54) is 37.7 Å². The number of carbonyl (C=O) groups is 1. The number of rotatable bonds is 11. The number of carbonyl (C=O) groups excluding carboxylic acids is 1. The molecular weight excluding hydrogens is 266 g/mol. The molecule has 0 heterocycles. The summed E-state index contributed by atoms with van der Waals surface area (Å²) < 4.78 is 0. The van der Waals surface area contributed by atoms with Crippen LogP contribution in [0.3, 0.4) is 0 Å². The van der Waals surface area contributed by atoms with E-state index in [1.54, 1.807) is 12.1 Å². The summed E-state index contributed by atoms with van der Waals surface area (Å²) in [5.74, 6) is 0. The van der Waals surface area contributed by atoms with Crippen molar-refractivity contribution >= 4 is 6.29 Å². The second-order valence-corrected chi connectivity index (χ2v) is 5.46. The van der Waals surface area contributed by atoms with Crippen LogP contribution in [-0.4, -0.2) is 11.2 Å². The summed E-state index contributed by atoms with van der Waals surface area (Å²) in [6.07, 6.45) is 9.14. The fourth-order valence-corrected chi connectivity index (χ4v) is 2.45. The van der Waals surface area contributed by atoms with Crippen molar-refractivity contribution in [2.45, 2.75) is 64.3 Å². The van der Waals surface area contributed by atoms with Crippen LogP contribution in [0, 0.1) is 10.1 Å². The minimum atomic E-state index is -0.911. The molecule has 0 saturated heterocycles. The Bertz CT molecular complexity index is 428. The van der Waals surface area contributed by atoms with Crippen molar-refractivity contribution < 1.29 is 9.72 Å². The van der Waals surface area contributed by atoms with Gasteiger partial charge in [-0.1, -0.05) is 63.3 Å². The highest BCUT2D eigenvalue weighted by atomic mass is 16.6. The van der Waals surface area contributed by atoms with Gasteiger partial charge in [-0.15, -0.1) is 0 Å². The third-order valence-corrected chi connectivity index (χ3v) is 3.76. The van der Waals surface area contributed by atoms with E-state index in [4.69, 9.17) is 0 Å². The zero-order chi connectivity index (χ0) is 15.5. The van der Waals surface area contributed by atoms with Crippen molar-refractivity contribution in [2.75, 3.05) is 0 Å². The van der Waals surface area contributed by atoms with Gasteiger partial charge < -0.3 is 4.79 Å². The number of nitrogens with zero attached hydrogens (tertiary/aromatic N) is 1. The van der Waals surface area contributed by atoms with E-state index < -0.39 is 11.0 Å². The molecule has 4 nitrogen and oxygen atoms in total. The van der Waals surface area contributed by atoms with Gasteiger partial charge in [-0.25, -0.2) is 0 Å². The number of nitro groups is 1. The Balaban J connectivity index is 2.42. The first-order chi connectivity index (χ1) is 10.2. The molecule has 0 N–H and O–H groups in total. The van der Waals surface area contributed by atoms with Gasteiger partial charge in [0.2, 0.25) is 6.04 Å². The normalized spacial score (nSPS) is 12.0. The fraction of sp³-hybridized carbons (Fsp3) is 0.588. The minimum absolute atomic E-state index is 0.0657. The van der Waals surface area contributed by atoms with E-state index in [0.29, 0.717) is 11.8 Å². The average molecular weight is 291 g/mol. The van der Waals surface area contributed by atoms with Gasteiger partial charge >= 0.3 is 0 Å². The van der Waals surface area contributed by atoms with Crippen molar-refractivity contribution in [2.24, 2.45) is 0 Å². The molecule has 0 spiro atoms. The topological polar surface area (TPSA) is 60.2 Å². The predicted octanol–water partition coefficient (Wildman–Crippen LogP) is 4.50. The lowest BCUT2D eigenvalue weighted by Gasteiger charge is -2.08. The van der Waals surface area contributed by atoms with E-state index >= 15 is 0 Å². The van der Waals surface area contributed by atoms with Crippen LogP contribution >= 0.6 is 0 Å². The smallest absolute Gasteiger partial charge is 0.244 e. The van der Waals surface area contributed by atoms with Gasteiger partial charge in [0, 0.05) is 10.5 Å². The van der Waals surface area contributed by atoms with Crippen LogP contribution in [0.5, 0.6) is 0 Å². The highest BCUT2D eigenvalue weighted by molar-refractivity contribution is 5.51. The lowest BCUT2D eigenvalue weighted by Crippen LogP contribution is -2.11. The van der Waals surface area contributed by atoms with E-state index in [-0.39, 0.29) is 6.42 Å². The maximum absolute atomic E-state index is 10.9. The number of hydrogen-bond donors (Lipinski definition) is 0. The van der Waals surface area contributed by atoms with Crippen molar-refractivity contribution in [3.63, 3.8) is 0 Å². The van der Waals surface area contributed by atoms with Crippen LogP contribution in [0.2, 0.25) is 0 Å². The van der Waals surface area contributed by atoms with Crippen molar-refractivity contribution in [3.05, 3.63) is 45.5 Å². The molecule has 0 aromatic heterocycles. The Hall–Kier alpha value is -1.71. The van der Waals surface area contributed by atoms with Crippen molar-refractivity contribution in [3.8, 4) is 0 Å². The molecule has 0 fully saturated rings. The molecule has 0 amide bonds. The quantitative estimate of drug-likeness (QED) is 0.261. The molecule has 0 aliphatic carbocycles. The minimum Gasteiger partial charge on any atom is -0.303 e. The van der Waals surface area contributed by atoms with Gasteiger partial charge in [-0.2, -0.15) is 0 Å². The van der Waals surface area contributed by atoms with Crippen LogP contribution in [0.25, 0.3) is 0 Å². The zero-order valence-electron chi connectivity index (χ0n) is 12.8. The van der Waals surface area contributed by atoms with Crippen LogP contribution in [0.15, 0.2) is 24.3 Å². The highest BCUT2D eigenvalue weighted by Crippen LogP contribution is 2.20. The molecule has 0 aliphatic rings. The van der Waals surface area contributed by atoms with E-state index in [0.717, 1.165) is 12.8 Å². The van der Waals surface area contributed by atoms with Gasteiger partial charge in [0.25, 0.3) is 0 Å². The molecular formula is C17H25NO3. The van der Waals surface area contributed by atoms with E-state index in [2.05, 4.69) is 6.92 Å². The lowest BCUT2D eigenvalue weighted by molar-refractivity contribution is -0.527. The first-order valence-corrected chi connectivity index (χ1v) is 7.85. The van der Waals surface area contributed by atoms with Crippen LogP contribution in [0.4, 0.5) is 0 Å². The SMILES string of the molecule is CCCCCCCCc1ccc(C(CC=O)[N+](=O)[O-])cc1. The van der Waals surface area contributed by atoms with Gasteiger partial charge in [-0.05, 0) is 18.4 Å². The van der Waals surface area contributed by atoms with Gasteiger partial charge in [0.05, 0.1) is 6.42 Å². The van der Waals surface area contributed by atoms with Crippen LogP contribution < -0.4 is 0 Å². The lowest BCUT2D eigenvalue weighted by atomic mass is 10.0. The molecule has 1 rings (SSSR count). The Morgan fingerprint density at radius 1 is 1.10 bits per heavy atom. The summed E-state index contributed by atoms with van der Waals surface area (Å²) in [6.45, 7) is 2.21. The first-order valence-electron chi connectivity index (χ1n) is 7.85. The summed E-state index contributed by atoms with van der Waals surface area (Å²) >= 11 is 0. The average Bonchev–Trinajstić information content (AvgIpc) is 2.49. The monoisotopic (exact) mass is 291 g/mol. The molecule has 0 aliphatic heterocycles. The molecule has 116 valence electrons. The Kier molecular flexibility index (Phi) is 8.32. The Morgan fingerprint density at radius 3 is 2.29 bits per heavy atom. The molecule has 21 heavy (non-hydrogen) atoms. The molecule has 0 radical (unpaired) electrons. The fourth-order valence-electron chi connectivity index (χ4n) is 2.45. The molecule has 1 atom stereocenters. The summed E-state index contributed by atoms with van der Waals surface area (Å²) in [6, 6.07) is 6.54. The van der Waals surface area contributed by atoms with Crippen LogP contribution in [0.1, 0.15) is 69.0 Å². The number of hydrogen-bond acceptors (Lipinski definition) is 3. The summed E-state index contributed by atoms with van der Waals surface area (Å²) in [7, 11) is 0. The number of benzene rings is 1. The Morgan fingerprint density at radius 2 is 1.71 bits per heavy atom. The Labute approximate surface area is 126 Å². The summed E-state index contributed by atoms with van der Waals surface area (Å²) in [5, 5.41) is 10.9. The number of aldehydes is 1. The second kappa shape index (κ2) is 10.1. The van der Waals surface area contributed by atoms with Gasteiger partial charge in [0.1, 0.15) is 6.29 Å². The van der Waals surface area contributed by atoms with Crippen molar-refractivity contribution in [1.29, 1.82) is 0 Å². The highest BCUT2D eigenvalue weighted by Gasteiger charge is 2.21. The van der Waals surface area contributed by atoms with E-state index in [9.17, 15) is 14.9 Å². The van der Waals surface area contributed by atoms with Gasteiger partial charge in [0.15, 0.2) is 0 Å². The standard InChI is InChI=1S/C17H25NO3/c1-2-3-4-5-6-7-8-15-9-11-16(12-10-15)17(13-14-19)18(20)21/h9-12,14,17H,2-8,13H2,1H3. The third-order valence-electron chi connectivity index (χ3n) is 3.76. The zero-order valence-corrected chi connectivity index (χ0v) is 12.8. The summed E-state index contributed by atoms with van der Waals surface area (Å²) in [5.41, 5.74) is 1.82.